The molecule has 0 saturated carbocycles. The van der Waals surface area contributed by atoms with Crippen LogP contribution < -0.4 is 0 Å². The van der Waals surface area contributed by atoms with Crippen LogP contribution in [0.25, 0.3) is 0 Å². The summed E-state index contributed by atoms with van der Waals surface area (Å²) in [7, 11) is 0. The van der Waals surface area contributed by atoms with Gasteiger partial charge in [0.25, 0.3) is 0 Å². The van der Waals surface area contributed by atoms with Gasteiger partial charge in [-0.15, -0.1) is 0 Å². The molecule has 1 saturated heterocycles. The lowest BCUT2D eigenvalue weighted by Gasteiger charge is -2.40. The number of hydrogen-bond donors (Lipinski definition) is 1. The molecule has 2 rings (SSSR count). The number of benzene rings is 1. The summed E-state index contributed by atoms with van der Waals surface area (Å²) in [4.78, 5) is 2.17. The monoisotopic (exact) mass is 300 g/mol. The molecule has 0 spiro atoms. The van der Waals surface area contributed by atoms with Crippen LogP contribution in [0.2, 0.25) is 0 Å². The number of hydrogen-bond acceptors (Lipinski definition) is 2. The summed E-state index contributed by atoms with van der Waals surface area (Å²) >= 11 is 0. The smallest absolute Gasteiger partial charge is 0.385 e. The Morgan fingerprint density at radius 2 is 1.76 bits per heavy atom. The minimum Gasteiger partial charge on any atom is -0.385 e. The number of piperidine rings is 1. The molecule has 21 heavy (non-hydrogen) atoms. The second kappa shape index (κ2) is 5.97. The van der Waals surface area contributed by atoms with E-state index in [-0.39, 0.29) is 5.56 Å². The van der Waals surface area contributed by atoms with Gasteiger partial charge in [0, 0.05) is 19.6 Å². The second-order valence-electron chi connectivity index (χ2n) is 6.06. The minimum absolute atomic E-state index is 0.00866. The number of aliphatic hydroxyl groups is 1. The van der Waals surface area contributed by atoms with Gasteiger partial charge < -0.3 is 10.0 Å². The highest BCUT2D eigenvalue weighted by Gasteiger charge is 2.42. The van der Waals surface area contributed by atoms with Gasteiger partial charge in [-0.2, -0.15) is 13.2 Å². The third-order valence-corrected chi connectivity index (χ3v) is 3.96. The highest BCUT2D eigenvalue weighted by Crippen LogP contribution is 2.41. The molecule has 1 aromatic rings. The first-order valence-electron chi connectivity index (χ1n) is 7.13. The highest BCUT2D eigenvalue weighted by atomic mass is 19.4. The number of alkyl halides is 3. The quantitative estimate of drug-likeness (QED) is 0.922. The van der Waals surface area contributed by atoms with Crippen molar-refractivity contribution >= 4 is 0 Å². The Hall–Kier alpha value is -1.07. The molecule has 0 aliphatic carbocycles. The van der Waals surface area contributed by atoms with Gasteiger partial charge in [0.15, 0.2) is 0 Å². The molecule has 1 aliphatic heterocycles. The Labute approximate surface area is 123 Å². The third kappa shape index (κ3) is 3.77. The van der Waals surface area contributed by atoms with Crippen LogP contribution in [0, 0.1) is 5.92 Å². The van der Waals surface area contributed by atoms with E-state index in [1.807, 2.05) is 13.8 Å². The predicted molar refractivity (Wildman–Crippen MR) is 75.6 cm³/mol. The fourth-order valence-electron chi connectivity index (χ4n) is 2.93. The summed E-state index contributed by atoms with van der Waals surface area (Å²) in [6, 6.07) is 5.36. The zero-order valence-electron chi connectivity index (χ0n) is 12.4. The Bertz CT molecular complexity index is 477. The van der Waals surface area contributed by atoms with Crippen molar-refractivity contribution in [3.05, 3.63) is 41.3 Å². The van der Waals surface area contributed by atoms with E-state index in [9.17, 15) is 18.3 Å². The lowest BCUT2D eigenvalue weighted by molar-refractivity contribution is -0.141. The first kappa shape index (κ1) is 16.3. The van der Waals surface area contributed by atoms with Gasteiger partial charge in [0.1, 0.15) is 0 Å². The maximum Gasteiger partial charge on any atom is 0.416 e. The molecule has 1 heterocycles. The Morgan fingerprint density at radius 3 is 2.29 bits per heavy atom. The number of halogens is 3. The van der Waals surface area contributed by atoms with Crippen molar-refractivity contribution < 1.29 is 18.3 Å². The SMILES string of the molecule is C[C](C)CN1CCC(O)(c2ccccc2C(F)(F)F)CC1. The van der Waals surface area contributed by atoms with Crippen molar-refractivity contribution in [2.75, 3.05) is 19.6 Å². The van der Waals surface area contributed by atoms with Gasteiger partial charge >= 0.3 is 6.18 Å². The largest absolute Gasteiger partial charge is 0.416 e. The molecule has 117 valence electrons. The Kier molecular flexibility index (Phi) is 4.63. The van der Waals surface area contributed by atoms with E-state index in [1.54, 1.807) is 6.07 Å². The van der Waals surface area contributed by atoms with Crippen LogP contribution in [-0.4, -0.2) is 29.6 Å². The van der Waals surface area contributed by atoms with Gasteiger partial charge in [-0.3, -0.25) is 0 Å². The molecule has 2 nitrogen and oxygen atoms in total. The van der Waals surface area contributed by atoms with Crippen molar-refractivity contribution in [3.8, 4) is 0 Å². The summed E-state index contributed by atoms with van der Waals surface area (Å²) in [6.07, 6.45) is -3.78. The molecular weight excluding hydrogens is 279 g/mol. The van der Waals surface area contributed by atoms with Crippen molar-refractivity contribution in [3.63, 3.8) is 0 Å². The topological polar surface area (TPSA) is 23.5 Å². The van der Waals surface area contributed by atoms with E-state index < -0.39 is 17.3 Å². The maximum absolute atomic E-state index is 13.1. The number of likely N-dealkylation sites (tertiary alicyclic amines) is 1. The molecule has 0 unspecified atom stereocenters. The average molecular weight is 300 g/mol. The molecule has 0 atom stereocenters. The number of rotatable bonds is 3. The molecule has 1 N–H and O–H groups in total. The third-order valence-electron chi connectivity index (χ3n) is 3.96. The average Bonchev–Trinajstić information content (AvgIpc) is 2.40. The van der Waals surface area contributed by atoms with Gasteiger partial charge in [-0.25, -0.2) is 0 Å². The summed E-state index contributed by atoms with van der Waals surface area (Å²) in [5, 5.41) is 10.7. The standard InChI is InChI=1S/C16H21F3NO/c1-12(2)11-20-9-7-15(21,8-10-20)13-5-3-4-6-14(13)16(17,18)19/h3-6,21H,7-11H2,1-2H3. The van der Waals surface area contributed by atoms with E-state index in [0.29, 0.717) is 25.9 Å². The lowest BCUT2D eigenvalue weighted by atomic mass is 9.81. The van der Waals surface area contributed by atoms with Gasteiger partial charge in [0.2, 0.25) is 0 Å². The zero-order valence-corrected chi connectivity index (χ0v) is 12.4. The van der Waals surface area contributed by atoms with E-state index in [2.05, 4.69) is 4.90 Å². The molecule has 0 bridgehead atoms. The van der Waals surface area contributed by atoms with Crippen LogP contribution in [0.5, 0.6) is 0 Å². The van der Waals surface area contributed by atoms with Crippen LogP contribution in [0.15, 0.2) is 24.3 Å². The molecule has 0 amide bonds. The van der Waals surface area contributed by atoms with Gasteiger partial charge in [0.05, 0.1) is 11.2 Å². The van der Waals surface area contributed by atoms with E-state index >= 15 is 0 Å². The first-order valence-corrected chi connectivity index (χ1v) is 7.13. The van der Waals surface area contributed by atoms with E-state index in [4.69, 9.17) is 0 Å². The van der Waals surface area contributed by atoms with Crippen LogP contribution in [-0.2, 0) is 11.8 Å². The van der Waals surface area contributed by atoms with Crippen LogP contribution in [0.3, 0.4) is 0 Å². The molecule has 1 radical (unpaired) electrons. The highest BCUT2D eigenvalue weighted by molar-refractivity contribution is 5.35. The molecule has 1 fully saturated rings. The summed E-state index contributed by atoms with van der Waals surface area (Å²) in [5.41, 5.74) is -2.10. The summed E-state index contributed by atoms with van der Waals surface area (Å²) in [6.45, 7) is 6.10. The van der Waals surface area contributed by atoms with Crippen LogP contribution >= 0.6 is 0 Å². The van der Waals surface area contributed by atoms with Crippen LogP contribution in [0.1, 0.15) is 37.8 Å². The number of nitrogens with zero attached hydrogens (tertiary/aromatic N) is 1. The zero-order chi connectivity index (χ0) is 15.7. The van der Waals surface area contributed by atoms with Crippen molar-refractivity contribution in [2.45, 2.75) is 38.5 Å². The summed E-state index contributed by atoms with van der Waals surface area (Å²) < 4.78 is 39.3. The molecular formula is C16H21F3NO. The fourth-order valence-corrected chi connectivity index (χ4v) is 2.93. The summed E-state index contributed by atoms with van der Waals surface area (Å²) in [5.74, 6) is 1.26. The van der Waals surface area contributed by atoms with E-state index in [1.165, 1.54) is 18.1 Å². The minimum atomic E-state index is -4.43. The van der Waals surface area contributed by atoms with Crippen molar-refractivity contribution in [2.24, 2.45) is 0 Å². The second-order valence-corrected chi connectivity index (χ2v) is 6.06. The predicted octanol–water partition coefficient (Wildman–Crippen LogP) is 3.60. The fraction of sp³-hybridized carbons (Fsp3) is 0.562. The lowest BCUT2D eigenvalue weighted by Crippen LogP contribution is -2.44. The Morgan fingerprint density at radius 1 is 1.19 bits per heavy atom. The molecule has 1 aromatic carbocycles. The molecule has 5 heteroatoms. The van der Waals surface area contributed by atoms with Gasteiger partial charge in [-0.05, 0) is 30.4 Å². The van der Waals surface area contributed by atoms with Crippen LogP contribution in [0.4, 0.5) is 13.2 Å². The maximum atomic E-state index is 13.1. The Balaban J connectivity index is 2.20. The van der Waals surface area contributed by atoms with Crippen molar-refractivity contribution in [1.29, 1.82) is 0 Å². The molecule has 0 aromatic heterocycles. The molecule has 1 aliphatic rings. The van der Waals surface area contributed by atoms with E-state index in [0.717, 1.165) is 12.6 Å². The first-order chi connectivity index (χ1) is 9.72. The normalized spacial score (nSPS) is 20.0. The van der Waals surface area contributed by atoms with Gasteiger partial charge in [-0.1, -0.05) is 32.0 Å². The van der Waals surface area contributed by atoms with Crippen molar-refractivity contribution in [1.82, 2.24) is 4.90 Å².